The van der Waals surface area contributed by atoms with Gasteiger partial charge in [0.05, 0.1) is 12.4 Å². The molecule has 0 radical (unpaired) electrons. The van der Waals surface area contributed by atoms with Crippen molar-refractivity contribution in [3.8, 4) is 0 Å². The third-order valence-electron chi connectivity index (χ3n) is 1.68. The van der Waals surface area contributed by atoms with E-state index in [0.29, 0.717) is 17.6 Å². The molecule has 0 aliphatic carbocycles. The summed E-state index contributed by atoms with van der Waals surface area (Å²) in [5.74, 6) is 3.38. The summed E-state index contributed by atoms with van der Waals surface area (Å²) in [4.78, 5) is 4.09. The van der Waals surface area contributed by atoms with E-state index in [9.17, 15) is 0 Å². The Hall–Kier alpha value is -0.590. The molecule has 0 saturated carbocycles. The summed E-state index contributed by atoms with van der Waals surface area (Å²) in [6.07, 6.45) is 0. The lowest BCUT2D eigenvalue weighted by atomic mass is 10.3. The fourth-order valence-electron chi connectivity index (χ4n) is 0.941. The van der Waals surface area contributed by atoms with Gasteiger partial charge in [-0.15, -0.1) is 0 Å². The Morgan fingerprint density at radius 1 is 1.53 bits per heavy atom. The Balaban J connectivity index is 2.39. The lowest BCUT2D eigenvalue weighted by molar-refractivity contribution is 0.236. The lowest BCUT2D eigenvalue weighted by Gasteiger charge is -2.01. The van der Waals surface area contributed by atoms with Gasteiger partial charge in [0.2, 0.25) is 5.89 Å². The van der Waals surface area contributed by atoms with E-state index in [1.807, 2.05) is 0 Å². The predicted octanol–water partition coefficient (Wildman–Crippen LogP) is 0.951. The Bertz CT molecular complexity index is 291. The monoisotopic (exact) mass is 231 g/mol. The van der Waals surface area contributed by atoms with Gasteiger partial charge < -0.3 is 15.4 Å². The molecular formula is C9H17N3O2S. The van der Waals surface area contributed by atoms with Crippen LogP contribution in [0.1, 0.15) is 31.6 Å². The first-order valence-corrected chi connectivity index (χ1v) is 6.05. The van der Waals surface area contributed by atoms with E-state index in [2.05, 4.69) is 24.0 Å². The third kappa shape index (κ3) is 4.19. The maximum absolute atomic E-state index is 8.79. The molecule has 0 amide bonds. The molecule has 1 heterocycles. The van der Waals surface area contributed by atoms with E-state index in [4.69, 9.17) is 15.4 Å². The van der Waals surface area contributed by atoms with Crippen molar-refractivity contribution < 1.29 is 9.63 Å². The molecule has 1 aromatic heterocycles. The van der Waals surface area contributed by atoms with Crippen LogP contribution in [-0.2, 0) is 5.75 Å². The van der Waals surface area contributed by atoms with Crippen molar-refractivity contribution in [2.45, 2.75) is 25.6 Å². The van der Waals surface area contributed by atoms with Crippen LogP contribution in [0.4, 0.5) is 0 Å². The minimum Gasteiger partial charge on any atom is -0.394 e. The smallest absolute Gasteiger partial charge is 0.245 e. The molecule has 0 spiro atoms. The summed E-state index contributed by atoms with van der Waals surface area (Å²) < 4.78 is 4.92. The van der Waals surface area contributed by atoms with Gasteiger partial charge in [0.25, 0.3) is 0 Å². The Morgan fingerprint density at radius 3 is 2.87 bits per heavy atom. The maximum atomic E-state index is 8.79. The van der Waals surface area contributed by atoms with Gasteiger partial charge in [-0.25, -0.2) is 0 Å². The second kappa shape index (κ2) is 6.09. The second-order valence-corrected chi connectivity index (χ2v) is 4.78. The molecule has 1 aromatic rings. The van der Waals surface area contributed by atoms with Gasteiger partial charge in [0, 0.05) is 0 Å². The van der Waals surface area contributed by atoms with Crippen molar-refractivity contribution in [3.05, 3.63) is 11.7 Å². The molecular weight excluding hydrogens is 214 g/mol. The molecule has 0 bridgehead atoms. The van der Waals surface area contributed by atoms with Crippen LogP contribution in [0, 0.1) is 5.92 Å². The van der Waals surface area contributed by atoms with Crippen LogP contribution in [0.2, 0.25) is 0 Å². The minimum atomic E-state index is -0.568. The van der Waals surface area contributed by atoms with Gasteiger partial charge in [0.15, 0.2) is 5.82 Å². The van der Waals surface area contributed by atoms with Gasteiger partial charge in [-0.05, 0) is 11.7 Å². The lowest BCUT2D eigenvalue weighted by Crippen LogP contribution is -2.14. The van der Waals surface area contributed by atoms with Crippen molar-refractivity contribution in [1.29, 1.82) is 0 Å². The predicted molar refractivity (Wildman–Crippen MR) is 59.3 cm³/mol. The fourth-order valence-corrected chi connectivity index (χ4v) is 1.83. The molecule has 0 aromatic carbocycles. The number of thioether (sulfide) groups is 1. The summed E-state index contributed by atoms with van der Waals surface area (Å²) in [6, 6.07) is -0.568. The van der Waals surface area contributed by atoms with Crippen LogP contribution >= 0.6 is 11.8 Å². The van der Waals surface area contributed by atoms with Crippen molar-refractivity contribution in [2.24, 2.45) is 11.7 Å². The summed E-state index contributed by atoms with van der Waals surface area (Å²) >= 11 is 1.76. The number of rotatable bonds is 6. The van der Waals surface area contributed by atoms with E-state index in [0.717, 1.165) is 11.5 Å². The number of nitrogens with two attached hydrogens (primary N) is 1. The first-order valence-electron chi connectivity index (χ1n) is 4.90. The molecule has 1 atom stereocenters. The Morgan fingerprint density at radius 2 is 2.27 bits per heavy atom. The molecule has 5 nitrogen and oxygen atoms in total. The number of aliphatic hydroxyl groups is 1. The van der Waals surface area contributed by atoms with Crippen LogP contribution in [-0.4, -0.2) is 27.6 Å². The SMILES string of the molecule is CC(C)CSCc1noc(C(N)CO)n1. The van der Waals surface area contributed by atoms with Crippen LogP contribution in [0.3, 0.4) is 0 Å². The molecule has 6 heteroatoms. The zero-order valence-electron chi connectivity index (χ0n) is 9.01. The standard InChI is InChI=1S/C9H17N3O2S/c1-6(2)4-15-5-8-11-9(14-12-8)7(10)3-13/h6-7,13H,3-5,10H2,1-2H3. The zero-order valence-corrected chi connectivity index (χ0v) is 9.83. The van der Waals surface area contributed by atoms with Gasteiger partial charge in [0.1, 0.15) is 6.04 Å². The van der Waals surface area contributed by atoms with Gasteiger partial charge in [-0.2, -0.15) is 16.7 Å². The maximum Gasteiger partial charge on any atom is 0.245 e. The number of nitrogens with zero attached hydrogens (tertiary/aromatic N) is 2. The van der Waals surface area contributed by atoms with E-state index < -0.39 is 6.04 Å². The summed E-state index contributed by atoms with van der Waals surface area (Å²) in [7, 11) is 0. The highest BCUT2D eigenvalue weighted by molar-refractivity contribution is 7.98. The Kier molecular flexibility index (Phi) is 5.07. The van der Waals surface area contributed by atoms with E-state index in [-0.39, 0.29) is 6.61 Å². The third-order valence-corrected chi connectivity index (χ3v) is 3.04. The summed E-state index contributed by atoms with van der Waals surface area (Å²) in [6.45, 7) is 4.15. The highest BCUT2D eigenvalue weighted by atomic mass is 32.2. The van der Waals surface area contributed by atoms with Crippen LogP contribution < -0.4 is 5.73 Å². The quantitative estimate of drug-likeness (QED) is 0.758. The molecule has 86 valence electrons. The van der Waals surface area contributed by atoms with Crippen molar-refractivity contribution in [2.75, 3.05) is 12.4 Å². The van der Waals surface area contributed by atoms with Crippen molar-refractivity contribution >= 4 is 11.8 Å². The summed E-state index contributed by atoms with van der Waals surface area (Å²) in [5.41, 5.74) is 5.53. The molecule has 0 saturated heterocycles. The van der Waals surface area contributed by atoms with E-state index in [1.165, 1.54) is 0 Å². The van der Waals surface area contributed by atoms with Gasteiger partial charge in [-0.3, -0.25) is 0 Å². The van der Waals surface area contributed by atoms with Crippen LogP contribution in [0.25, 0.3) is 0 Å². The first kappa shape index (κ1) is 12.5. The van der Waals surface area contributed by atoms with Crippen molar-refractivity contribution in [3.63, 3.8) is 0 Å². The van der Waals surface area contributed by atoms with Crippen LogP contribution in [0.15, 0.2) is 4.52 Å². The number of hydrogen-bond acceptors (Lipinski definition) is 6. The van der Waals surface area contributed by atoms with Crippen LogP contribution in [0.5, 0.6) is 0 Å². The molecule has 0 aliphatic heterocycles. The van der Waals surface area contributed by atoms with Gasteiger partial charge in [-0.1, -0.05) is 19.0 Å². The van der Waals surface area contributed by atoms with E-state index >= 15 is 0 Å². The Labute approximate surface area is 93.4 Å². The molecule has 1 rings (SSSR count). The molecule has 1 unspecified atom stereocenters. The molecule has 0 aliphatic rings. The first-order chi connectivity index (χ1) is 7.13. The highest BCUT2D eigenvalue weighted by Gasteiger charge is 2.13. The highest BCUT2D eigenvalue weighted by Crippen LogP contribution is 2.14. The largest absolute Gasteiger partial charge is 0.394 e. The number of aliphatic hydroxyl groups excluding tert-OH is 1. The average Bonchev–Trinajstić information content (AvgIpc) is 2.65. The molecule has 0 fully saturated rings. The summed E-state index contributed by atoms with van der Waals surface area (Å²) in [5, 5.41) is 12.6. The fraction of sp³-hybridized carbons (Fsp3) is 0.778. The van der Waals surface area contributed by atoms with Gasteiger partial charge >= 0.3 is 0 Å². The number of hydrogen-bond donors (Lipinski definition) is 2. The normalized spacial score (nSPS) is 13.4. The molecule has 15 heavy (non-hydrogen) atoms. The number of aromatic nitrogens is 2. The van der Waals surface area contributed by atoms with E-state index in [1.54, 1.807) is 11.8 Å². The zero-order chi connectivity index (χ0) is 11.3. The topological polar surface area (TPSA) is 85.2 Å². The average molecular weight is 231 g/mol. The second-order valence-electron chi connectivity index (χ2n) is 3.75. The minimum absolute atomic E-state index is 0.180. The van der Waals surface area contributed by atoms with Crippen molar-refractivity contribution in [1.82, 2.24) is 10.1 Å². The molecule has 3 N–H and O–H groups in total.